The summed E-state index contributed by atoms with van der Waals surface area (Å²) < 4.78 is 25.1. The minimum absolute atomic E-state index is 0.0687. The summed E-state index contributed by atoms with van der Waals surface area (Å²) in [6.07, 6.45) is -1.89. The van der Waals surface area contributed by atoms with Gasteiger partial charge in [0.15, 0.2) is 11.6 Å². The summed E-state index contributed by atoms with van der Waals surface area (Å²) in [7, 11) is 0. The predicted molar refractivity (Wildman–Crippen MR) is 166 cm³/mol. The normalized spacial score (nSPS) is 27.2. The Kier molecular flexibility index (Phi) is 6.13. The molecule has 0 aliphatic carbocycles. The molecule has 0 bridgehead atoms. The Hall–Kier alpha value is -3.95. The van der Waals surface area contributed by atoms with E-state index < -0.39 is 29.7 Å². The lowest BCUT2D eigenvalue weighted by molar-refractivity contribution is -0.206. The summed E-state index contributed by atoms with van der Waals surface area (Å²) in [6, 6.07) is 22.7. The van der Waals surface area contributed by atoms with Gasteiger partial charge in [-0.1, -0.05) is 54.6 Å². The monoisotopic (exact) mass is 590 g/mol. The van der Waals surface area contributed by atoms with Crippen LogP contribution in [0.25, 0.3) is 32.8 Å². The first kappa shape index (κ1) is 27.6. The van der Waals surface area contributed by atoms with Gasteiger partial charge in [-0.2, -0.15) is 0 Å². The van der Waals surface area contributed by atoms with Crippen molar-refractivity contribution in [3.63, 3.8) is 0 Å². The highest BCUT2D eigenvalue weighted by Crippen LogP contribution is 2.55. The van der Waals surface area contributed by atoms with Gasteiger partial charge >= 0.3 is 0 Å². The molecular formula is C36H34N2O6. The van der Waals surface area contributed by atoms with E-state index in [1.165, 1.54) is 0 Å². The second-order valence-electron chi connectivity index (χ2n) is 13.1. The summed E-state index contributed by atoms with van der Waals surface area (Å²) in [4.78, 5) is 23.6. The maximum absolute atomic E-state index is 13.3. The molecule has 0 saturated carbocycles. The summed E-state index contributed by atoms with van der Waals surface area (Å²) in [5.41, 5.74) is 4.06. The highest BCUT2D eigenvalue weighted by atomic mass is 16.7. The molecule has 3 aliphatic rings. The molecular weight excluding hydrogens is 556 g/mol. The fraction of sp³-hybridized carbons (Fsp3) is 0.361. The molecule has 44 heavy (non-hydrogen) atoms. The van der Waals surface area contributed by atoms with Gasteiger partial charge in [0.05, 0.1) is 41.4 Å². The molecule has 1 aromatic heterocycles. The third-order valence-corrected chi connectivity index (χ3v) is 9.48. The predicted octanol–water partition coefficient (Wildman–Crippen LogP) is 5.95. The van der Waals surface area contributed by atoms with E-state index in [4.69, 9.17) is 28.9 Å². The number of hydrogen-bond donors (Lipinski definition) is 1. The molecule has 3 aliphatic heterocycles. The Bertz CT molecular complexity index is 1960. The Labute approximate surface area is 254 Å². The highest BCUT2D eigenvalue weighted by molar-refractivity contribution is 6.13. The maximum atomic E-state index is 13.3. The van der Waals surface area contributed by atoms with Crippen LogP contribution in [0.1, 0.15) is 55.1 Å². The van der Waals surface area contributed by atoms with Gasteiger partial charge in [-0.15, -0.1) is 0 Å². The molecule has 0 amide bonds. The molecule has 8 heteroatoms. The molecule has 0 spiro atoms. The van der Waals surface area contributed by atoms with Crippen LogP contribution < -0.4 is 4.74 Å². The van der Waals surface area contributed by atoms with Crippen LogP contribution in [-0.2, 0) is 14.2 Å². The molecule has 5 atom stereocenters. The number of aliphatic hydroxyl groups is 1. The van der Waals surface area contributed by atoms with E-state index >= 15 is 0 Å². The van der Waals surface area contributed by atoms with Crippen molar-refractivity contribution in [3.8, 4) is 5.75 Å². The zero-order valence-electron chi connectivity index (χ0n) is 25.1. The lowest BCUT2D eigenvalue weighted by Gasteiger charge is -2.51. The fourth-order valence-corrected chi connectivity index (χ4v) is 7.29. The number of benzene rings is 4. The fourth-order valence-electron chi connectivity index (χ4n) is 7.29. The van der Waals surface area contributed by atoms with E-state index in [2.05, 4.69) is 13.8 Å². The molecule has 4 aromatic carbocycles. The third-order valence-electron chi connectivity index (χ3n) is 9.48. The molecule has 5 aromatic rings. The van der Waals surface area contributed by atoms with Crippen LogP contribution in [0.2, 0.25) is 0 Å². The largest absolute Gasteiger partial charge is 0.486 e. The number of fused-ring (bicyclic) bond motifs is 9. The third kappa shape index (κ3) is 4.24. The van der Waals surface area contributed by atoms with E-state index in [1.54, 1.807) is 6.07 Å². The van der Waals surface area contributed by atoms with Crippen LogP contribution >= 0.6 is 0 Å². The molecule has 224 valence electrons. The van der Waals surface area contributed by atoms with Crippen molar-refractivity contribution in [1.29, 1.82) is 0 Å². The van der Waals surface area contributed by atoms with Gasteiger partial charge in [-0.3, -0.25) is 4.79 Å². The minimum Gasteiger partial charge on any atom is -0.486 e. The molecule has 5 unspecified atom stereocenters. The Balaban J connectivity index is 1.33. The van der Waals surface area contributed by atoms with Crippen LogP contribution in [0.5, 0.6) is 5.75 Å². The van der Waals surface area contributed by atoms with Gasteiger partial charge < -0.3 is 24.1 Å². The van der Waals surface area contributed by atoms with Crippen LogP contribution in [0, 0.1) is 5.92 Å². The molecule has 2 fully saturated rings. The van der Waals surface area contributed by atoms with E-state index in [1.807, 2.05) is 80.6 Å². The molecule has 8 rings (SSSR count). The number of aromatic nitrogens is 2. The number of ether oxygens (including phenoxy) is 4. The van der Waals surface area contributed by atoms with E-state index in [0.29, 0.717) is 52.2 Å². The standard InChI is InChI=1S/C36H34N2O6/c1-35(2)23-17-41-34(26-18-42-36(3,4)43-26)32(40)27(23)28-30-29(21-12-8-9-13-22(21)33(28)44-35)38-25-16-20(14-15-24(25)37-30)31(39)19-10-6-5-7-11-19/h5-16,23,26-27,32,34,40H,17-18H2,1-4H3. The molecule has 2 saturated heterocycles. The van der Waals surface area contributed by atoms with Crippen molar-refractivity contribution in [3.05, 3.63) is 89.5 Å². The van der Waals surface area contributed by atoms with E-state index in [0.717, 1.165) is 16.3 Å². The van der Waals surface area contributed by atoms with Crippen molar-refractivity contribution in [1.82, 2.24) is 9.97 Å². The van der Waals surface area contributed by atoms with Gasteiger partial charge in [0.25, 0.3) is 0 Å². The van der Waals surface area contributed by atoms with Crippen molar-refractivity contribution in [2.45, 2.75) is 63.3 Å². The smallest absolute Gasteiger partial charge is 0.193 e. The van der Waals surface area contributed by atoms with Crippen LogP contribution in [0.15, 0.2) is 72.8 Å². The van der Waals surface area contributed by atoms with Crippen LogP contribution in [0.4, 0.5) is 0 Å². The van der Waals surface area contributed by atoms with Gasteiger partial charge in [0.1, 0.15) is 23.6 Å². The van der Waals surface area contributed by atoms with Gasteiger partial charge in [-0.05, 0) is 45.9 Å². The number of aliphatic hydroxyl groups excluding tert-OH is 1. The van der Waals surface area contributed by atoms with Crippen molar-refractivity contribution in [2.75, 3.05) is 13.2 Å². The van der Waals surface area contributed by atoms with Gasteiger partial charge in [-0.25, -0.2) is 9.97 Å². The molecule has 1 N–H and O–H groups in total. The van der Waals surface area contributed by atoms with Crippen molar-refractivity contribution >= 4 is 38.6 Å². The molecule has 0 radical (unpaired) electrons. The zero-order valence-corrected chi connectivity index (χ0v) is 25.1. The Morgan fingerprint density at radius 1 is 0.841 bits per heavy atom. The van der Waals surface area contributed by atoms with Crippen molar-refractivity contribution < 1.29 is 28.8 Å². The number of rotatable bonds is 3. The lowest BCUT2D eigenvalue weighted by Crippen LogP contribution is -2.59. The summed E-state index contributed by atoms with van der Waals surface area (Å²) in [5, 5.41) is 13.9. The quantitative estimate of drug-likeness (QED) is 0.156. The van der Waals surface area contributed by atoms with E-state index in [9.17, 15) is 9.90 Å². The molecule has 4 heterocycles. The topological polar surface area (TPSA) is 100 Å². The SMILES string of the molecule is CC1(C)OCC(C2OCC3C(c4c(c5ccccc5c5nc6cc(C(=O)c7ccccc7)ccc6nc45)OC3(C)C)C2O)O1. The number of carbonyl (C=O) groups is 1. The van der Waals surface area contributed by atoms with Gasteiger partial charge in [0.2, 0.25) is 0 Å². The first-order valence-corrected chi connectivity index (χ1v) is 15.2. The van der Waals surface area contributed by atoms with Crippen LogP contribution in [-0.4, -0.2) is 63.8 Å². The average Bonchev–Trinajstić information content (AvgIpc) is 3.39. The van der Waals surface area contributed by atoms with Crippen LogP contribution in [0.3, 0.4) is 0 Å². The minimum atomic E-state index is -0.897. The average molecular weight is 591 g/mol. The van der Waals surface area contributed by atoms with Gasteiger partial charge in [0, 0.05) is 39.3 Å². The number of nitrogens with zero attached hydrogens (tertiary/aromatic N) is 2. The lowest BCUT2D eigenvalue weighted by atomic mass is 9.68. The number of ketones is 1. The maximum Gasteiger partial charge on any atom is 0.193 e. The summed E-state index contributed by atoms with van der Waals surface area (Å²) in [6.45, 7) is 8.58. The second kappa shape index (κ2) is 9.78. The highest BCUT2D eigenvalue weighted by Gasteiger charge is 2.55. The number of carbonyl (C=O) groups excluding carboxylic acids is 1. The summed E-state index contributed by atoms with van der Waals surface area (Å²) >= 11 is 0. The summed E-state index contributed by atoms with van der Waals surface area (Å²) in [5.74, 6) is -0.596. The first-order valence-electron chi connectivity index (χ1n) is 15.2. The number of hydrogen-bond acceptors (Lipinski definition) is 8. The Morgan fingerprint density at radius 2 is 1.57 bits per heavy atom. The Morgan fingerprint density at radius 3 is 2.32 bits per heavy atom. The van der Waals surface area contributed by atoms with E-state index in [-0.39, 0.29) is 17.6 Å². The second-order valence-corrected chi connectivity index (χ2v) is 13.1. The zero-order chi connectivity index (χ0) is 30.4. The van der Waals surface area contributed by atoms with Crippen molar-refractivity contribution in [2.24, 2.45) is 5.92 Å². The molecule has 8 nitrogen and oxygen atoms in total. The first-order chi connectivity index (χ1) is 21.1.